The van der Waals surface area contributed by atoms with Gasteiger partial charge in [0.15, 0.2) is 31.9 Å². The fourth-order valence-electron chi connectivity index (χ4n) is 4.05. The van der Waals surface area contributed by atoms with Gasteiger partial charge in [0.05, 0.1) is 10.9 Å². The van der Waals surface area contributed by atoms with Gasteiger partial charge in [0.25, 0.3) is 0 Å². The average molecular weight is 432 g/mol. The highest BCUT2D eigenvalue weighted by Gasteiger charge is 2.34. The zero-order valence-electron chi connectivity index (χ0n) is 17.9. The predicted molar refractivity (Wildman–Crippen MR) is 126 cm³/mol. The molecule has 3 aromatic carbocycles. The van der Waals surface area contributed by atoms with E-state index >= 15 is 4.39 Å². The topological polar surface area (TPSA) is 9.23 Å². The molecule has 0 aromatic heterocycles. The van der Waals surface area contributed by atoms with Crippen molar-refractivity contribution in [1.82, 2.24) is 0 Å². The normalized spacial score (nSPS) is 15.2. The molecule has 0 heterocycles. The van der Waals surface area contributed by atoms with E-state index in [0.29, 0.717) is 5.75 Å². The molecule has 158 valence electrons. The molecule has 0 bridgehead atoms. The van der Waals surface area contributed by atoms with Crippen LogP contribution < -0.4 is 4.74 Å². The Morgan fingerprint density at radius 2 is 1.45 bits per heavy atom. The summed E-state index contributed by atoms with van der Waals surface area (Å²) in [5, 5.41) is 0. The molecule has 31 heavy (non-hydrogen) atoms. The van der Waals surface area contributed by atoms with Crippen LogP contribution in [0.5, 0.6) is 5.75 Å². The summed E-state index contributed by atoms with van der Waals surface area (Å²) in [7, 11) is -0.379. The van der Waals surface area contributed by atoms with Crippen LogP contribution in [-0.4, -0.2) is 5.60 Å². The Hall–Kier alpha value is -2.70. The maximum atomic E-state index is 15.3. The second-order valence-electron chi connectivity index (χ2n) is 7.84. The molecule has 0 unspecified atom stereocenters. The monoisotopic (exact) mass is 431 g/mol. The second-order valence-corrected chi connectivity index (χ2v) is 9.86. The highest BCUT2D eigenvalue weighted by atomic mass is 32.2. The van der Waals surface area contributed by atoms with Crippen molar-refractivity contribution < 1.29 is 9.13 Å². The number of ether oxygens (including phenoxy) is 1. The van der Waals surface area contributed by atoms with Crippen molar-refractivity contribution in [3.05, 3.63) is 84.7 Å². The van der Waals surface area contributed by atoms with E-state index in [0.717, 1.165) is 37.0 Å². The van der Waals surface area contributed by atoms with Crippen LogP contribution in [0.2, 0.25) is 0 Å². The molecule has 3 aromatic rings. The fourth-order valence-corrected chi connectivity index (χ4v) is 6.15. The van der Waals surface area contributed by atoms with E-state index in [1.807, 2.05) is 49.4 Å². The lowest BCUT2D eigenvalue weighted by molar-refractivity contribution is 0.0822. The quantitative estimate of drug-likeness (QED) is 0.302. The zero-order chi connectivity index (χ0) is 21.5. The Labute approximate surface area is 188 Å². The summed E-state index contributed by atoms with van der Waals surface area (Å²) in [6, 6.07) is 26.0. The molecule has 3 heteroatoms. The van der Waals surface area contributed by atoms with Gasteiger partial charge in [-0.05, 0) is 62.1 Å². The van der Waals surface area contributed by atoms with Gasteiger partial charge in [-0.1, -0.05) is 61.6 Å². The third kappa shape index (κ3) is 5.14. The van der Waals surface area contributed by atoms with E-state index in [-0.39, 0.29) is 16.7 Å². The maximum absolute atomic E-state index is 15.3. The van der Waals surface area contributed by atoms with Gasteiger partial charge in [0.2, 0.25) is 0 Å². The molecule has 1 saturated carbocycles. The second kappa shape index (κ2) is 10.1. The molecular formula is C28H28FOS+. The Bertz CT molecular complexity index is 1010. The highest BCUT2D eigenvalue weighted by molar-refractivity contribution is 7.97. The molecule has 0 N–H and O–H groups in total. The van der Waals surface area contributed by atoms with Gasteiger partial charge in [-0.25, -0.2) is 4.39 Å². The van der Waals surface area contributed by atoms with Crippen LogP contribution >= 0.6 is 0 Å². The molecule has 0 spiro atoms. The number of halogens is 1. The van der Waals surface area contributed by atoms with Gasteiger partial charge >= 0.3 is 0 Å². The number of benzene rings is 3. The van der Waals surface area contributed by atoms with Crippen LogP contribution in [-0.2, 0) is 10.9 Å². The number of hydrogen-bond donors (Lipinski definition) is 0. The van der Waals surface area contributed by atoms with Crippen LogP contribution in [0.15, 0.2) is 93.5 Å². The fraction of sp³-hybridized carbons (Fsp3) is 0.286. The summed E-state index contributed by atoms with van der Waals surface area (Å²) in [6.45, 7) is 2.03. The molecule has 0 amide bonds. The van der Waals surface area contributed by atoms with Crippen molar-refractivity contribution in [3.63, 3.8) is 0 Å². The molecule has 0 saturated heterocycles. The largest absolute Gasteiger partial charge is 0.472 e. The summed E-state index contributed by atoms with van der Waals surface area (Å²) in [5.41, 5.74) is -0.558. The molecule has 4 rings (SSSR count). The Morgan fingerprint density at radius 1 is 0.839 bits per heavy atom. The minimum atomic E-state index is -0.558. The predicted octanol–water partition coefficient (Wildman–Crippen LogP) is 7.42. The summed E-state index contributed by atoms with van der Waals surface area (Å²) < 4.78 is 21.6. The molecule has 0 radical (unpaired) electrons. The van der Waals surface area contributed by atoms with Crippen LogP contribution in [0, 0.1) is 17.7 Å². The Balaban J connectivity index is 1.68. The van der Waals surface area contributed by atoms with Crippen molar-refractivity contribution in [2.24, 2.45) is 0 Å². The van der Waals surface area contributed by atoms with Gasteiger partial charge in [-0.3, -0.25) is 0 Å². The van der Waals surface area contributed by atoms with Crippen molar-refractivity contribution in [3.8, 4) is 17.6 Å². The van der Waals surface area contributed by atoms with E-state index in [4.69, 9.17) is 4.74 Å². The summed E-state index contributed by atoms with van der Waals surface area (Å²) in [6.07, 6.45) is 5.84. The molecule has 0 atom stereocenters. The van der Waals surface area contributed by atoms with E-state index in [9.17, 15) is 0 Å². The molecule has 1 aliphatic rings. The highest BCUT2D eigenvalue weighted by Crippen LogP contribution is 2.37. The standard InChI is InChI=1S/C28H28FOS/c1-2-3-19-28(20-11-6-12-21-28)30-27-18-17-25(22-26(27)29)31(23-13-7-4-8-14-23)24-15-9-5-10-16-24/h4-5,7-10,13-18,22H,2,6,11-12,20-21H2,1H3/q+1. The van der Waals surface area contributed by atoms with Gasteiger partial charge in [-0.2, -0.15) is 0 Å². The lowest BCUT2D eigenvalue weighted by atomic mass is 9.85. The SMILES string of the molecule is CCC#CC1(Oc2ccc([S+](c3ccccc3)c3ccccc3)cc2F)CCCCC1. The van der Waals surface area contributed by atoms with Crippen molar-refractivity contribution in [1.29, 1.82) is 0 Å². The first-order valence-corrected chi connectivity index (χ1v) is 12.3. The lowest BCUT2D eigenvalue weighted by Crippen LogP contribution is -2.37. The van der Waals surface area contributed by atoms with E-state index < -0.39 is 5.60 Å². The molecular weight excluding hydrogens is 403 g/mol. The van der Waals surface area contributed by atoms with Gasteiger partial charge in [0, 0.05) is 12.5 Å². The maximum Gasteiger partial charge on any atom is 0.170 e. The van der Waals surface area contributed by atoms with Crippen LogP contribution in [0.25, 0.3) is 0 Å². The molecule has 0 aliphatic heterocycles. The lowest BCUT2D eigenvalue weighted by Gasteiger charge is -2.33. The van der Waals surface area contributed by atoms with Crippen LogP contribution in [0.1, 0.15) is 45.4 Å². The van der Waals surface area contributed by atoms with Gasteiger partial charge < -0.3 is 4.74 Å². The number of hydrogen-bond acceptors (Lipinski definition) is 1. The Kier molecular flexibility index (Phi) is 6.99. The van der Waals surface area contributed by atoms with Crippen LogP contribution in [0.3, 0.4) is 0 Å². The van der Waals surface area contributed by atoms with Gasteiger partial charge in [-0.15, -0.1) is 0 Å². The van der Waals surface area contributed by atoms with Crippen molar-refractivity contribution in [2.75, 3.05) is 0 Å². The van der Waals surface area contributed by atoms with Crippen molar-refractivity contribution >= 4 is 10.9 Å². The summed E-state index contributed by atoms with van der Waals surface area (Å²) in [4.78, 5) is 3.28. The minimum absolute atomic E-state index is 0.306. The first-order chi connectivity index (χ1) is 15.2. The molecule has 1 nitrogen and oxygen atoms in total. The van der Waals surface area contributed by atoms with E-state index in [1.54, 1.807) is 12.1 Å². The van der Waals surface area contributed by atoms with Crippen molar-refractivity contribution in [2.45, 2.75) is 65.7 Å². The molecule has 1 aliphatic carbocycles. The summed E-state index contributed by atoms with van der Waals surface area (Å²) in [5.74, 6) is 6.48. The summed E-state index contributed by atoms with van der Waals surface area (Å²) >= 11 is 0. The minimum Gasteiger partial charge on any atom is -0.472 e. The van der Waals surface area contributed by atoms with E-state index in [2.05, 4.69) is 36.1 Å². The first kappa shape index (κ1) is 21.5. The average Bonchev–Trinajstić information content (AvgIpc) is 2.82. The van der Waals surface area contributed by atoms with E-state index in [1.165, 1.54) is 16.2 Å². The first-order valence-electron chi connectivity index (χ1n) is 11.0. The number of rotatable bonds is 5. The van der Waals surface area contributed by atoms with Crippen LogP contribution in [0.4, 0.5) is 4.39 Å². The van der Waals surface area contributed by atoms with Gasteiger partial charge in [0.1, 0.15) is 0 Å². The smallest absolute Gasteiger partial charge is 0.170 e. The molecule has 1 fully saturated rings. The zero-order valence-corrected chi connectivity index (χ0v) is 18.8. The third-order valence-electron chi connectivity index (χ3n) is 5.56. The Morgan fingerprint density at radius 3 is 2.00 bits per heavy atom. The third-order valence-corrected chi connectivity index (χ3v) is 7.77.